The minimum atomic E-state index is 0.414. The van der Waals surface area contributed by atoms with Gasteiger partial charge in [0.2, 0.25) is 0 Å². The Hall–Kier alpha value is -0.820. The molecular formula is C16H27N. The molecule has 17 heavy (non-hydrogen) atoms. The first-order valence-electron chi connectivity index (χ1n) is 6.81. The first kappa shape index (κ1) is 14.2. The summed E-state index contributed by atoms with van der Waals surface area (Å²) in [4.78, 5) is 0. The van der Waals surface area contributed by atoms with Crippen molar-refractivity contribution in [1.82, 2.24) is 5.32 Å². The van der Waals surface area contributed by atoms with E-state index in [0.29, 0.717) is 11.5 Å². The second-order valence-electron chi connectivity index (χ2n) is 5.81. The number of hydrogen-bond acceptors (Lipinski definition) is 1. The monoisotopic (exact) mass is 233 g/mol. The molecule has 0 aromatic heterocycles. The van der Waals surface area contributed by atoms with E-state index in [4.69, 9.17) is 0 Å². The van der Waals surface area contributed by atoms with Crippen molar-refractivity contribution in [3.8, 4) is 0 Å². The molecule has 0 saturated carbocycles. The minimum absolute atomic E-state index is 0.414. The lowest BCUT2D eigenvalue weighted by Gasteiger charge is -2.28. The van der Waals surface area contributed by atoms with Gasteiger partial charge in [0, 0.05) is 6.04 Å². The van der Waals surface area contributed by atoms with Gasteiger partial charge in [-0.25, -0.2) is 0 Å². The van der Waals surface area contributed by atoms with E-state index in [1.165, 1.54) is 24.8 Å². The lowest BCUT2D eigenvalue weighted by atomic mass is 9.81. The van der Waals surface area contributed by atoms with Gasteiger partial charge in [-0.1, -0.05) is 51.1 Å². The summed E-state index contributed by atoms with van der Waals surface area (Å²) in [5, 5.41) is 3.50. The first-order chi connectivity index (χ1) is 8.03. The van der Waals surface area contributed by atoms with Gasteiger partial charge < -0.3 is 5.32 Å². The third-order valence-corrected chi connectivity index (χ3v) is 3.34. The highest BCUT2D eigenvalue weighted by molar-refractivity contribution is 5.14. The molecular weight excluding hydrogens is 206 g/mol. The van der Waals surface area contributed by atoms with Gasteiger partial charge in [0.15, 0.2) is 0 Å². The topological polar surface area (TPSA) is 12.0 Å². The van der Waals surface area contributed by atoms with E-state index in [2.05, 4.69) is 63.3 Å². The van der Waals surface area contributed by atoms with E-state index in [-0.39, 0.29) is 0 Å². The molecule has 96 valence electrons. The average molecular weight is 233 g/mol. The Morgan fingerprint density at radius 2 is 1.82 bits per heavy atom. The molecule has 0 spiro atoms. The maximum atomic E-state index is 3.50. The van der Waals surface area contributed by atoms with Crippen LogP contribution in [0.4, 0.5) is 0 Å². The summed E-state index contributed by atoms with van der Waals surface area (Å²) in [5.41, 5.74) is 1.87. The SMILES string of the molecule is CCNC(C)CC(C)(C)CCc1ccccc1. The number of rotatable bonds is 7. The van der Waals surface area contributed by atoms with Crippen molar-refractivity contribution in [1.29, 1.82) is 0 Å². The van der Waals surface area contributed by atoms with Gasteiger partial charge in [0.25, 0.3) is 0 Å². The summed E-state index contributed by atoms with van der Waals surface area (Å²) in [6.45, 7) is 10.3. The van der Waals surface area contributed by atoms with Crippen LogP contribution < -0.4 is 5.32 Å². The predicted molar refractivity (Wildman–Crippen MR) is 76.3 cm³/mol. The van der Waals surface area contributed by atoms with Crippen LogP contribution in [0.3, 0.4) is 0 Å². The lowest BCUT2D eigenvalue weighted by molar-refractivity contribution is 0.270. The maximum Gasteiger partial charge on any atom is 0.00436 e. The van der Waals surface area contributed by atoms with Gasteiger partial charge in [0.1, 0.15) is 0 Å². The number of nitrogens with one attached hydrogen (secondary N) is 1. The van der Waals surface area contributed by atoms with Gasteiger partial charge in [-0.3, -0.25) is 0 Å². The van der Waals surface area contributed by atoms with E-state index in [1.807, 2.05) is 0 Å². The molecule has 0 saturated heterocycles. The number of hydrogen-bond donors (Lipinski definition) is 1. The molecule has 1 unspecified atom stereocenters. The van der Waals surface area contributed by atoms with Crippen molar-refractivity contribution >= 4 is 0 Å². The molecule has 1 nitrogen and oxygen atoms in total. The summed E-state index contributed by atoms with van der Waals surface area (Å²) in [6, 6.07) is 11.4. The van der Waals surface area contributed by atoms with Gasteiger partial charge in [-0.15, -0.1) is 0 Å². The summed E-state index contributed by atoms with van der Waals surface area (Å²) in [6.07, 6.45) is 3.69. The summed E-state index contributed by atoms with van der Waals surface area (Å²) >= 11 is 0. The van der Waals surface area contributed by atoms with Gasteiger partial charge in [-0.05, 0) is 43.7 Å². The van der Waals surface area contributed by atoms with E-state index < -0.39 is 0 Å². The van der Waals surface area contributed by atoms with Crippen LogP contribution in [0.25, 0.3) is 0 Å². The zero-order valence-corrected chi connectivity index (χ0v) is 11.8. The molecule has 1 N–H and O–H groups in total. The second-order valence-corrected chi connectivity index (χ2v) is 5.81. The lowest BCUT2D eigenvalue weighted by Crippen LogP contribution is -2.31. The first-order valence-corrected chi connectivity index (χ1v) is 6.81. The molecule has 0 aliphatic rings. The Labute approximate surface area is 107 Å². The molecule has 1 rings (SSSR count). The summed E-state index contributed by atoms with van der Waals surface area (Å²) < 4.78 is 0. The third kappa shape index (κ3) is 5.88. The van der Waals surface area contributed by atoms with Crippen molar-refractivity contribution in [2.45, 2.75) is 53.0 Å². The van der Waals surface area contributed by atoms with Crippen molar-refractivity contribution < 1.29 is 0 Å². The third-order valence-electron chi connectivity index (χ3n) is 3.34. The van der Waals surface area contributed by atoms with Crippen LogP contribution in [-0.4, -0.2) is 12.6 Å². The number of aryl methyl sites for hydroxylation is 1. The molecule has 0 bridgehead atoms. The quantitative estimate of drug-likeness (QED) is 0.749. The van der Waals surface area contributed by atoms with Crippen molar-refractivity contribution in [3.05, 3.63) is 35.9 Å². The minimum Gasteiger partial charge on any atom is -0.315 e. The molecule has 0 radical (unpaired) electrons. The predicted octanol–water partition coefficient (Wildman–Crippen LogP) is 4.03. The average Bonchev–Trinajstić information content (AvgIpc) is 2.27. The molecule has 0 aliphatic heterocycles. The second kappa shape index (κ2) is 6.80. The fraction of sp³-hybridized carbons (Fsp3) is 0.625. The molecule has 0 heterocycles. The van der Waals surface area contributed by atoms with E-state index in [1.54, 1.807) is 0 Å². The zero-order valence-electron chi connectivity index (χ0n) is 11.8. The fourth-order valence-corrected chi connectivity index (χ4v) is 2.48. The zero-order chi connectivity index (χ0) is 12.7. The molecule has 0 fully saturated rings. The van der Waals surface area contributed by atoms with E-state index in [9.17, 15) is 0 Å². The van der Waals surface area contributed by atoms with Crippen LogP contribution in [0.1, 0.15) is 46.1 Å². The maximum absolute atomic E-state index is 3.50. The summed E-state index contributed by atoms with van der Waals surface area (Å²) in [7, 11) is 0. The molecule has 1 heteroatoms. The highest BCUT2D eigenvalue weighted by atomic mass is 14.9. The summed E-state index contributed by atoms with van der Waals surface area (Å²) in [5.74, 6) is 0. The standard InChI is InChI=1S/C16H27N/c1-5-17-14(2)13-16(3,4)12-11-15-9-7-6-8-10-15/h6-10,14,17H,5,11-13H2,1-4H3. The normalized spacial score (nSPS) is 13.6. The van der Waals surface area contributed by atoms with Crippen molar-refractivity contribution in [3.63, 3.8) is 0 Å². The smallest absolute Gasteiger partial charge is 0.00436 e. The van der Waals surface area contributed by atoms with Gasteiger partial charge in [0.05, 0.1) is 0 Å². The molecule has 1 atom stereocenters. The van der Waals surface area contributed by atoms with E-state index >= 15 is 0 Å². The largest absolute Gasteiger partial charge is 0.315 e. The van der Waals surface area contributed by atoms with Gasteiger partial charge in [-0.2, -0.15) is 0 Å². The molecule has 0 amide bonds. The van der Waals surface area contributed by atoms with Crippen LogP contribution >= 0.6 is 0 Å². The van der Waals surface area contributed by atoms with Crippen molar-refractivity contribution in [2.75, 3.05) is 6.54 Å². The molecule has 0 aliphatic carbocycles. The Kier molecular flexibility index (Phi) is 5.70. The Balaban J connectivity index is 2.39. The van der Waals surface area contributed by atoms with E-state index in [0.717, 1.165) is 6.54 Å². The highest BCUT2D eigenvalue weighted by Gasteiger charge is 2.20. The molecule has 1 aromatic rings. The Morgan fingerprint density at radius 3 is 2.41 bits per heavy atom. The van der Waals surface area contributed by atoms with Crippen LogP contribution in [0.2, 0.25) is 0 Å². The Bertz CT molecular complexity index is 303. The molecule has 1 aromatic carbocycles. The Morgan fingerprint density at radius 1 is 1.18 bits per heavy atom. The fourth-order valence-electron chi connectivity index (χ4n) is 2.48. The van der Waals surface area contributed by atoms with Crippen LogP contribution in [0.15, 0.2) is 30.3 Å². The highest BCUT2D eigenvalue weighted by Crippen LogP contribution is 2.28. The van der Waals surface area contributed by atoms with Gasteiger partial charge >= 0.3 is 0 Å². The van der Waals surface area contributed by atoms with Crippen LogP contribution in [0.5, 0.6) is 0 Å². The number of benzene rings is 1. The van der Waals surface area contributed by atoms with Crippen LogP contribution in [0, 0.1) is 5.41 Å². The van der Waals surface area contributed by atoms with Crippen molar-refractivity contribution in [2.24, 2.45) is 5.41 Å². The van der Waals surface area contributed by atoms with Crippen LogP contribution in [-0.2, 0) is 6.42 Å².